The summed E-state index contributed by atoms with van der Waals surface area (Å²) in [5.41, 5.74) is 1.96. The number of thioether (sulfide) groups is 1. The van der Waals surface area contributed by atoms with Crippen molar-refractivity contribution in [2.75, 3.05) is 37.4 Å². The van der Waals surface area contributed by atoms with Gasteiger partial charge in [0, 0.05) is 23.3 Å². The van der Waals surface area contributed by atoms with E-state index in [0.29, 0.717) is 25.5 Å². The Bertz CT molecular complexity index is 928. The van der Waals surface area contributed by atoms with Crippen molar-refractivity contribution in [3.8, 4) is 17.6 Å². The average Bonchev–Trinajstić information content (AvgIpc) is 3.20. The number of nitrogens with one attached hydrogen (secondary N) is 2. The minimum absolute atomic E-state index is 0.00514. The van der Waals surface area contributed by atoms with Crippen molar-refractivity contribution in [1.29, 1.82) is 5.26 Å². The smallest absolute Gasteiger partial charge is 0.279 e. The van der Waals surface area contributed by atoms with Crippen LogP contribution in [0.2, 0.25) is 0 Å². The Kier molecular flexibility index (Phi) is 6.23. The summed E-state index contributed by atoms with van der Waals surface area (Å²) in [6.07, 6.45) is 2.15. The Morgan fingerprint density at radius 3 is 2.90 bits per heavy atom. The van der Waals surface area contributed by atoms with E-state index >= 15 is 0 Å². The van der Waals surface area contributed by atoms with Crippen LogP contribution in [0.4, 0.5) is 5.69 Å². The molecule has 2 heterocycles. The molecule has 0 bridgehead atoms. The van der Waals surface area contributed by atoms with Crippen molar-refractivity contribution in [2.45, 2.75) is 23.8 Å². The van der Waals surface area contributed by atoms with E-state index in [-0.39, 0.29) is 11.9 Å². The molecule has 0 aromatic heterocycles. The summed E-state index contributed by atoms with van der Waals surface area (Å²) in [7, 11) is 0. The number of anilines is 1. The van der Waals surface area contributed by atoms with Crippen LogP contribution in [0.5, 0.6) is 11.5 Å². The lowest BCUT2D eigenvalue weighted by molar-refractivity contribution is -0.910. The number of amides is 1. The van der Waals surface area contributed by atoms with Crippen LogP contribution >= 0.6 is 11.8 Å². The van der Waals surface area contributed by atoms with Crippen LogP contribution in [0.1, 0.15) is 24.4 Å². The van der Waals surface area contributed by atoms with Crippen LogP contribution in [-0.4, -0.2) is 38.0 Å². The first-order valence-electron chi connectivity index (χ1n) is 9.87. The van der Waals surface area contributed by atoms with Crippen LogP contribution < -0.4 is 19.7 Å². The Balaban J connectivity index is 1.43. The minimum Gasteiger partial charge on any atom is -0.486 e. The van der Waals surface area contributed by atoms with Crippen LogP contribution in [0.3, 0.4) is 0 Å². The number of likely N-dealkylation sites (tertiary alicyclic amines) is 1. The number of hydrogen-bond acceptors (Lipinski definition) is 5. The number of nitrogens with zero attached hydrogens (tertiary/aromatic N) is 1. The van der Waals surface area contributed by atoms with Gasteiger partial charge in [-0.1, -0.05) is 12.1 Å². The van der Waals surface area contributed by atoms with Crippen LogP contribution in [0.25, 0.3) is 0 Å². The molecular weight excluding hydrogens is 386 g/mol. The summed E-state index contributed by atoms with van der Waals surface area (Å²) in [6, 6.07) is 16.2. The van der Waals surface area contributed by atoms with Crippen molar-refractivity contribution in [3.63, 3.8) is 0 Å². The van der Waals surface area contributed by atoms with Crippen LogP contribution in [0, 0.1) is 11.3 Å². The van der Waals surface area contributed by atoms with Crippen molar-refractivity contribution in [2.24, 2.45) is 0 Å². The van der Waals surface area contributed by atoms with Gasteiger partial charge in [0.25, 0.3) is 5.91 Å². The molecule has 2 N–H and O–H groups in total. The fourth-order valence-electron chi connectivity index (χ4n) is 4.01. The second kappa shape index (κ2) is 9.21. The molecular formula is C22H24N3O3S+. The standard InChI is InChI=1S/C22H23N3O3S/c23-9-13-29-21-6-2-1-4-17(21)24-22(26)15-25-10-3-5-18(25)16-7-8-19-20(14-16)28-12-11-27-19/h1-2,4,6-8,14,18H,3,5,10-13,15H2,(H,24,26)/p+1/t18-/m1/s1. The largest absolute Gasteiger partial charge is 0.486 e. The third kappa shape index (κ3) is 4.66. The molecule has 0 spiro atoms. The molecule has 150 valence electrons. The zero-order valence-corrected chi connectivity index (χ0v) is 17.0. The summed E-state index contributed by atoms with van der Waals surface area (Å²) < 4.78 is 11.3. The van der Waals surface area contributed by atoms with Gasteiger partial charge in [-0.15, -0.1) is 11.8 Å². The lowest BCUT2D eigenvalue weighted by Gasteiger charge is -2.24. The van der Waals surface area contributed by atoms with E-state index < -0.39 is 0 Å². The zero-order chi connectivity index (χ0) is 20.1. The van der Waals surface area contributed by atoms with E-state index in [1.165, 1.54) is 22.2 Å². The number of quaternary nitrogens is 1. The molecule has 2 aromatic carbocycles. The first-order valence-corrected chi connectivity index (χ1v) is 10.9. The Labute approximate surface area is 174 Å². The molecule has 0 aliphatic carbocycles. The maximum absolute atomic E-state index is 12.8. The topological polar surface area (TPSA) is 75.8 Å². The minimum atomic E-state index is -0.00514. The molecule has 29 heavy (non-hydrogen) atoms. The van der Waals surface area contributed by atoms with Gasteiger partial charge >= 0.3 is 0 Å². The fourth-order valence-corrected chi connectivity index (χ4v) is 4.68. The highest BCUT2D eigenvalue weighted by molar-refractivity contribution is 7.99. The molecule has 0 saturated carbocycles. The van der Waals surface area contributed by atoms with Gasteiger partial charge < -0.3 is 19.7 Å². The number of benzene rings is 2. The van der Waals surface area contributed by atoms with Crippen LogP contribution in [-0.2, 0) is 4.79 Å². The van der Waals surface area contributed by atoms with Gasteiger partial charge in [-0.3, -0.25) is 4.79 Å². The second-order valence-corrected chi connectivity index (χ2v) is 8.19. The predicted molar refractivity (Wildman–Crippen MR) is 112 cm³/mol. The first-order chi connectivity index (χ1) is 14.2. The number of nitriles is 1. The third-order valence-corrected chi connectivity index (χ3v) is 6.23. The van der Waals surface area contributed by atoms with E-state index in [4.69, 9.17) is 14.7 Å². The third-order valence-electron chi connectivity index (χ3n) is 5.29. The molecule has 1 unspecified atom stereocenters. The summed E-state index contributed by atoms with van der Waals surface area (Å²) in [5, 5.41) is 11.9. The number of ether oxygens (including phenoxy) is 2. The number of hydrogen-bond donors (Lipinski definition) is 2. The molecule has 4 rings (SSSR count). The lowest BCUT2D eigenvalue weighted by atomic mass is 10.0. The highest BCUT2D eigenvalue weighted by Crippen LogP contribution is 2.33. The SMILES string of the molecule is N#CCSc1ccccc1NC(=O)C[NH+]1CCC[C@@H]1c1ccc2c(c1)OCCO2. The summed E-state index contributed by atoms with van der Waals surface area (Å²) >= 11 is 1.43. The monoisotopic (exact) mass is 410 g/mol. The first kappa shape index (κ1) is 19.6. The van der Waals surface area contributed by atoms with Gasteiger partial charge in [-0.2, -0.15) is 5.26 Å². The molecule has 1 fully saturated rings. The van der Waals surface area contributed by atoms with E-state index in [2.05, 4.69) is 23.5 Å². The van der Waals surface area contributed by atoms with Gasteiger partial charge in [0.2, 0.25) is 0 Å². The van der Waals surface area contributed by atoms with Gasteiger partial charge in [0.15, 0.2) is 18.0 Å². The number of para-hydroxylation sites is 1. The molecule has 2 aromatic rings. The highest BCUT2D eigenvalue weighted by Gasteiger charge is 2.32. The van der Waals surface area contributed by atoms with E-state index in [0.717, 1.165) is 41.5 Å². The van der Waals surface area contributed by atoms with E-state index in [1.54, 1.807) is 0 Å². The molecule has 2 aliphatic heterocycles. The fraction of sp³-hybridized carbons (Fsp3) is 0.364. The quantitative estimate of drug-likeness (QED) is 0.716. The summed E-state index contributed by atoms with van der Waals surface area (Å²) in [4.78, 5) is 14.9. The van der Waals surface area contributed by atoms with Crippen molar-refractivity contribution >= 4 is 23.4 Å². The average molecular weight is 411 g/mol. The number of rotatable bonds is 6. The number of carbonyl (C=O) groups is 1. The summed E-state index contributed by atoms with van der Waals surface area (Å²) in [5.74, 6) is 1.95. The zero-order valence-electron chi connectivity index (χ0n) is 16.1. The van der Waals surface area contributed by atoms with Crippen LogP contribution in [0.15, 0.2) is 47.4 Å². The maximum atomic E-state index is 12.8. The van der Waals surface area contributed by atoms with E-state index in [1.807, 2.05) is 30.3 Å². The second-order valence-electron chi connectivity index (χ2n) is 7.17. The van der Waals surface area contributed by atoms with E-state index in [9.17, 15) is 4.79 Å². The Morgan fingerprint density at radius 2 is 2.03 bits per heavy atom. The molecule has 1 saturated heterocycles. The Morgan fingerprint density at radius 1 is 1.21 bits per heavy atom. The van der Waals surface area contributed by atoms with Crippen molar-refractivity contribution in [3.05, 3.63) is 48.0 Å². The summed E-state index contributed by atoms with van der Waals surface area (Å²) in [6.45, 7) is 2.54. The van der Waals surface area contributed by atoms with Crippen molar-refractivity contribution in [1.82, 2.24) is 0 Å². The number of carbonyl (C=O) groups excluding carboxylic acids is 1. The predicted octanol–water partition coefficient (Wildman–Crippen LogP) is 2.43. The molecule has 2 atom stereocenters. The van der Waals surface area contributed by atoms with Gasteiger partial charge in [0.05, 0.1) is 24.1 Å². The molecule has 7 heteroatoms. The molecule has 2 aliphatic rings. The highest BCUT2D eigenvalue weighted by atomic mass is 32.2. The van der Waals surface area contributed by atoms with Crippen molar-refractivity contribution < 1.29 is 19.2 Å². The van der Waals surface area contributed by atoms with Gasteiger partial charge in [-0.25, -0.2) is 0 Å². The number of fused-ring (bicyclic) bond motifs is 1. The Hall–Kier alpha value is -2.69. The maximum Gasteiger partial charge on any atom is 0.279 e. The normalized spacial score (nSPS) is 20.1. The van der Waals surface area contributed by atoms with Gasteiger partial charge in [0.1, 0.15) is 19.3 Å². The lowest BCUT2D eigenvalue weighted by Crippen LogP contribution is -3.11. The molecule has 0 radical (unpaired) electrons. The van der Waals surface area contributed by atoms with Gasteiger partial charge in [-0.05, 0) is 30.3 Å². The molecule has 1 amide bonds. The molecule has 6 nitrogen and oxygen atoms in total.